The molecule has 0 N–H and O–H groups in total. The summed E-state index contributed by atoms with van der Waals surface area (Å²) >= 11 is 2.03. The summed E-state index contributed by atoms with van der Waals surface area (Å²) in [6, 6.07) is 0. The summed E-state index contributed by atoms with van der Waals surface area (Å²) < 4.78 is 0. The Morgan fingerprint density at radius 2 is 1.85 bits per heavy atom. The predicted molar refractivity (Wildman–Crippen MR) is 50.3 cm³/mol. The molecule has 0 radical (unpaired) electrons. The van der Waals surface area contributed by atoms with Crippen molar-refractivity contribution in [1.29, 1.82) is 0 Å². The first-order chi connectivity index (χ1) is 5.85. The van der Waals surface area contributed by atoms with Gasteiger partial charge in [-0.1, -0.05) is 0 Å². The summed E-state index contributed by atoms with van der Waals surface area (Å²) in [5.41, 5.74) is 0.210. The minimum absolute atomic E-state index is 0. The van der Waals surface area contributed by atoms with E-state index in [1.807, 2.05) is 11.8 Å². The van der Waals surface area contributed by atoms with Crippen LogP contribution in [0.25, 0.3) is 0 Å². The van der Waals surface area contributed by atoms with E-state index in [9.17, 15) is 5.11 Å². The smallest absolute Gasteiger partial charge is 0.854 e. The average molecular weight is 225 g/mol. The van der Waals surface area contributed by atoms with Gasteiger partial charge in [0.05, 0.1) is 0 Å². The first kappa shape index (κ1) is 13.0. The standard InChI is InChI=1S/C9H16NOS.K/c11-8-9(1-2-9)7-10-3-5-12-6-4-10;/h1-8H2;/q-1;+1. The SMILES string of the molecule is [K+].[O-]CC1(CN2CCSCC2)CC1. The van der Waals surface area contributed by atoms with E-state index >= 15 is 0 Å². The molecule has 2 aliphatic rings. The van der Waals surface area contributed by atoms with Crippen LogP contribution < -0.4 is 56.5 Å². The van der Waals surface area contributed by atoms with Crippen LogP contribution in [-0.4, -0.2) is 42.6 Å². The number of hydrogen-bond acceptors (Lipinski definition) is 3. The Kier molecular flexibility index (Phi) is 5.83. The van der Waals surface area contributed by atoms with Gasteiger partial charge in [0.1, 0.15) is 0 Å². The fourth-order valence-electron chi connectivity index (χ4n) is 1.76. The summed E-state index contributed by atoms with van der Waals surface area (Å²) in [5.74, 6) is 2.52. The molecule has 1 saturated carbocycles. The van der Waals surface area contributed by atoms with Crippen molar-refractivity contribution in [3.05, 3.63) is 0 Å². The molecule has 0 amide bonds. The van der Waals surface area contributed by atoms with Gasteiger partial charge in [-0.3, -0.25) is 0 Å². The van der Waals surface area contributed by atoms with Gasteiger partial charge in [0.25, 0.3) is 0 Å². The second-order valence-electron chi connectivity index (χ2n) is 4.03. The first-order valence-corrected chi connectivity index (χ1v) is 5.88. The molecule has 0 aromatic carbocycles. The number of thioether (sulfide) groups is 1. The second-order valence-corrected chi connectivity index (χ2v) is 5.26. The summed E-state index contributed by atoms with van der Waals surface area (Å²) in [7, 11) is 0. The zero-order valence-corrected chi connectivity index (χ0v) is 12.4. The Bertz CT molecular complexity index is 158. The number of hydrogen-bond donors (Lipinski definition) is 0. The fourth-order valence-corrected chi connectivity index (χ4v) is 2.74. The minimum Gasteiger partial charge on any atom is -0.854 e. The number of rotatable bonds is 3. The van der Waals surface area contributed by atoms with Gasteiger partial charge < -0.3 is 10.0 Å². The van der Waals surface area contributed by atoms with Crippen LogP contribution in [0.1, 0.15) is 12.8 Å². The zero-order chi connectivity index (χ0) is 8.44. The van der Waals surface area contributed by atoms with Crippen molar-refractivity contribution in [2.24, 2.45) is 5.41 Å². The molecule has 0 aromatic rings. The van der Waals surface area contributed by atoms with Crippen molar-refractivity contribution in [3.63, 3.8) is 0 Å². The van der Waals surface area contributed by atoms with Gasteiger partial charge in [0.2, 0.25) is 0 Å². The fraction of sp³-hybridized carbons (Fsp3) is 1.00. The Labute approximate surface area is 127 Å². The van der Waals surface area contributed by atoms with Crippen molar-refractivity contribution in [2.75, 3.05) is 37.7 Å². The Morgan fingerprint density at radius 3 is 2.31 bits per heavy atom. The molecule has 0 bridgehead atoms. The van der Waals surface area contributed by atoms with Crippen LogP contribution in [0.2, 0.25) is 0 Å². The van der Waals surface area contributed by atoms with Crippen LogP contribution in [0.4, 0.5) is 0 Å². The third-order valence-electron chi connectivity index (χ3n) is 2.93. The van der Waals surface area contributed by atoms with Crippen molar-refractivity contribution in [1.82, 2.24) is 4.90 Å². The maximum absolute atomic E-state index is 10.9. The quantitative estimate of drug-likeness (QED) is 0.485. The Hall–Kier alpha value is 1.91. The molecule has 4 heteroatoms. The van der Waals surface area contributed by atoms with Crippen molar-refractivity contribution in [2.45, 2.75) is 12.8 Å². The van der Waals surface area contributed by atoms with Gasteiger partial charge in [-0.15, -0.1) is 6.61 Å². The van der Waals surface area contributed by atoms with Gasteiger partial charge in [-0.05, 0) is 18.3 Å². The van der Waals surface area contributed by atoms with Gasteiger partial charge in [-0.2, -0.15) is 11.8 Å². The molecule has 13 heavy (non-hydrogen) atoms. The van der Waals surface area contributed by atoms with Crippen molar-refractivity contribution in [3.8, 4) is 0 Å². The molecular weight excluding hydrogens is 209 g/mol. The summed E-state index contributed by atoms with van der Waals surface area (Å²) in [6.45, 7) is 3.63. The molecule has 0 aromatic heterocycles. The third-order valence-corrected chi connectivity index (χ3v) is 3.87. The monoisotopic (exact) mass is 225 g/mol. The van der Waals surface area contributed by atoms with Crippen LogP contribution in [-0.2, 0) is 0 Å². The third kappa shape index (κ3) is 3.76. The summed E-state index contributed by atoms with van der Waals surface area (Å²) in [6.07, 6.45) is 2.36. The molecular formula is C9H16KNOS. The van der Waals surface area contributed by atoms with E-state index in [0.29, 0.717) is 0 Å². The Morgan fingerprint density at radius 1 is 1.23 bits per heavy atom. The molecule has 2 fully saturated rings. The molecule has 70 valence electrons. The van der Waals surface area contributed by atoms with E-state index in [-0.39, 0.29) is 63.4 Å². The molecule has 2 nitrogen and oxygen atoms in total. The summed E-state index contributed by atoms with van der Waals surface area (Å²) in [4.78, 5) is 2.47. The average Bonchev–Trinajstić information content (AvgIpc) is 2.88. The molecule has 1 aliphatic heterocycles. The van der Waals surface area contributed by atoms with Gasteiger partial charge in [-0.25, -0.2) is 0 Å². The molecule has 1 saturated heterocycles. The van der Waals surface area contributed by atoms with E-state index in [0.717, 1.165) is 6.54 Å². The first-order valence-electron chi connectivity index (χ1n) is 4.73. The minimum atomic E-state index is 0. The van der Waals surface area contributed by atoms with Crippen LogP contribution >= 0.6 is 11.8 Å². The second kappa shape index (κ2) is 5.85. The number of nitrogens with zero attached hydrogens (tertiary/aromatic N) is 1. The van der Waals surface area contributed by atoms with E-state index in [4.69, 9.17) is 0 Å². The van der Waals surface area contributed by atoms with Crippen LogP contribution in [0.15, 0.2) is 0 Å². The van der Waals surface area contributed by atoms with Gasteiger partial charge in [0.15, 0.2) is 0 Å². The van der Waals surface area contributed by atoms with Gasteiger partial charge in [0, 0.05) is 31.1 Å². The normalized spacial score (nSPS) is 26.5. The molecule has 0 spiro atoms. The van der Waals surface area contributed by atoms with E-state index in [2.05, 4.69) is 4.90 Å². The Balaban J connectivity index is 0.000000845. The van der Waals surface area contributed by atoms with Crippen LogP contribution in [0.3, 0.4) is 0 Å². The van der Waals surface area contributed by atoms with Crippen molar-refractivity contribution < 1.29 is 56.5 Å². The maximum atomic E-state index is 10.9. The molecule has 1 aliphatic carbocycles. The van der Waals surface area contributed by atoms with E-state index in [1.54, 1.807) is 0 Å². The molecule has 0 atom stereocenters. The topological polar surface area (TPSA) is 26.3 Å². The largest absolute Gasteiger partial charge is 1.00 e. The molecule has 2 rings (SSSR count). The van der Waals surface area contributed by atoms with E-state index in [1.165, 1.54) is 37.4 Å². The van der Waals surface area contributed by atoms with Gasteiger partial charge >= 0.3 is 51.4 Å². The van der Waals surface area contributed by atoms with Crippen LogP contribution in [0, 0.1) is 5.41 Å². The predicted octanol–water partition coefficient (Wildman–Crippen LogP) is -2.82. The zero-order valence-electron chi connectivity index (χ0n) is 8.42. The van der Waals surface area contributed by atoms with Crippen LogP contribution in [0.5, 0.6) is 0 Å². The molecule has 0 unspecified atom stereocenters. The molecule has 1 heterocycles. The summed E-state index contributed by atoms with van der Waals surface area (Å²) in [5, 5.41) is 10.9. The maximum Gasteiger partial charge on any atom is 1.00 e. The van der Waals surface area contributed by atoms with Crippen molar-refractivity contribution >= 4 is 11.8 Å². The van der Waals surface area contributed by atoms with E-state index < -0.39 is 0 Å².